The summed E-state index contributed by atoms with van der Waals surface area (Å²) in [5.41, 5.74) is 6.85. The summed E-state index contributed by atoms with van der Waals surface area (Å²) in [6.45, 7) is 0. The van der Waals surface area contributed by atoms with Crippen LogP contribution in [0.25, 0.3) is 0 Å². The van der Waals surface area contributed by atoms with Gasteiger partial charge in [-0.3, -0.25) is 0 Å². The number of hydrogen-bond donors (Lipinski definition) is 3. The fourth-order valence-corrected chi connectivity index (χ4v) is 2.94. The molecular formula is C12H19N3O3S. The first-order chi connectivity index (χ1) is 8.96. The van der Waals surface area contributed by atoms with Gasteiger partial charge in [0.05, 0.1) is 11.8 Å². The molecule has 4 N–H and O–H groups in total. The lowest BCUT2D eigenvalue weighted by atomic mass is 9.89. The summed E-state index contributed by atoms with van der Waals surface area (Å²) in [6.07, 6.45) is 2.22. The van der Waals surface area contributed by atoms with E-state index in [0.29, 0.717) is 12.1 Å². The van der Waals surface area contributed by atoms with E-state index in [2.05, 4.69) is 10.0 Å². The van der Waals surface area contributed by atoms with Crippen molar-refractivity contribution in [3.05, 3.63) is 18.2 Å². The van der Waals surface area contributed by atoms with E-state index in [-0.39, 0.29) is 10.6 Å². The van der Waals surface area contributed by atoms with Crippen LogP contribution in [0.4, 0.5) is 11.4 Å². The average molecular weight is 285 g/mol. The monoisotopic (exact) mass is 285 g/mol. The highest BCUT2D eigenvalue weighted by Crippen LogP contribution is 2.28. The second-order valence-corrected chi connectivity index (χ2v) is 6.49. The number of rotatable bonds is 5. The molecule has 0 spiro atoms. The minimum Gasteiger partial charge on any atom is -0.398 e. The maximum atomic E-state index is 11.7. The fraction of sp³-hybridized carbons (Fsp3) is 0.500. The lowest BCUT2D eigenvalue weighted by Gasteiger charge is -2.35. The number of ether oxygens (including phenoxy) is 1. The van der Waals surface area contributed by atoms with Crippen molar-refractivity contribution in [1.82, 2.24) is 4.72 Å². The van der Waals surface area contributed by atoms with Crippen LogP contribution in [0.15, 0.2) is 23.1 Å². The maximum absolute atomic E-state index is 11.7. The molecule has 1 aliphatic rings. The molecule has 1 aromatic rings. The summed E-state index contributed by atoms with van der Waals surface area (Å²) < 4.78 is 30.8. The largest absolute Gasteiger partial charge is 0.398 e. The first kappa shape index (κ1) is 14.1. The Kier molecular flexibility index (Phi) is 3.98. The van der Waals surface area contributed by atoms with E-state index in [1.165, 1.54) is 13.1 Å². The van der Waals surface area contributed by atoms with Gasteiger partial charge in [-0.25, -0.2) is 13.1 Å². The second kappa shape index (κ2) is 5.36. The van der Waals surface area contributed by atoms with Crippen LogP contribution in [0.3, 0.4) is 0 Å². The fourth-order valence-electron chi connectivity index (χ4n) is 2.10. The third-order valence-corrected chi connectivity index (χ3v) is 4.86. The highest BCUT2D eigenvalue weighted by molar-refractivity contribution is 7.89. The van der Waals surface area contributed by atoms with Crippen LogP contribution >= 0.6 is 0 Å². The normalized spacial score (nSPS) is 22.8. The van der Waals surface area contributed by atoms with Crippen LogP contribution in [-0.2, 0) is 14.8 Å². The van der Waals surface area contributed by atoms with E-state index in [1.54, 1.807) is 19.2 Å². The first-order valence-electron chi connectivity index (χ1n) is 6.08. The minimum absolute atomic E-state index is 0.101. The molecule has 1 fully saturated rings. The summed E-state index contributed by atoms with van der Waals surface area (Å²) in [4.78, 5) is 0.101. The molecule has 1 aromatic carbocycles. The van der Waals surface area contributed by atoms with Crippen molar-refractivity contribution in [1.29, 1.82) is 0 Å². The van der Waals surface area contributed by atoms with Crippen LogP contribution < -0.4 is 15.8 Å². The third kappa shape index (κ3) is 2.99. The van der Waals surface area contributed by atoms with Crippen molar-refractivity contribution in [3.8, 4) is 0 Å². The van der Waals surface area contributed by atoms with Gasteiger partial charge in [0, 0.05) is 18.8 Å². The Morgan fingerprint density at radius 3 is 2.58 bits per heavy atom. The predicted octanol–water partition coefficient (Wildman–Crippen LogP) is 0.766. The van der Waals surface area contributed by atoms with Gasteiger partial charge in [0.15, 0.2) is 0 Å². The van der Waals surface area contributed by atoms with Crippen molar-refractivity contribution in [2.24, 2.45) is 0 Å². The Morgan fingerprint density at radius 2 is 2.05 bits per heavy atom. The van der Waals surface area contributed by atoms with E-state index in [4.69, 9.17) is 10.5 Å². The van der Waals surface area contributed by atoms with Crippen molar-refractivity contribution in [3.63, 3.8) is 0 Å². The average Bonchev–Trinajstić information content (AvgIpc) is 2.33. The van der Waals surface area contributed by atoms with Crippen LogP contribution in [-0.4, -0.2) is 34.7 Å². The highest BCUT2D eigenvalue weighted by Gasteiger charge is 2.28. The zero-order chi connectivity index (χ0) is 14.0. The lowest BCUT2D eigenvalue weighted by molar-refractivity contribution is 0.0329. The Bertz CT molecular complexity index is 553. The minimum atomic E-state index is -3.50. The van der Waals surface area contributed by atoms with E-state index in [1.807, 2.05) is 0 Å². The Hall–Kier alpha value is -1.31. The van der Waals surface area contributed by atoms with E-state index in [0.717, 1.165) is 18.5 Å². The Balaban J connectivity index is 2.08. The molecule has 7 heteroatoms. The number of nitrogens with one attached hydrogen (secondary N) is 2. The van der Waals surface area contributed by atoms with Crippen LogP contribution in [0.1, 0.15) is 12.8 Å². The standard InChI is InChI=1S/C12H19N3O3S/c1-14-19(16,17)12-4-3-8(7-11(12)13)15-9-5-10(6-9)18-2/h3-4,7,9-10,14-15H,5-6,13H2,1-2H3. The highest BCUT2D eigenvalue weighted by atomic mass is 32.2. The molecule has 6 nitrogen and oxygen atoms in total. The zero-order valence-corrected chi connectivity index (χ0v) is 11.8. The number of anilines is 2. The molecule has 0 amide bonds. The molecule has 0 heterocycles. The number of methoxy groups -OCH3 is 1. The van der Waals surface area contributed by atoms with Gasteiger partial charge in [-0.1, -0.05) is 0 Å². The van der Waals surface area contributed by atoms with Crippen molar-refractivity contribution < 1.29 is 13.2 Å². The summed E-state index contributed by atoms with van der Waals surface area (Å²) in [6, 6.07) is 5.23. The molecule has 0 unspecified atom stereocenters. The Labute approximate surface area is 113 Å². The lowest BCUT2D eigenvalue weighted by Crippen LogP contribution is -2.40. The topological polar surface area (TPSA) is 93.5 Å². The molecule has 106 valence electrons. The van der Waals surface area contributed by atoms with Crippen molar-refractivity contribution in [2.75, 3.05) is 25.2 Å². The molecule has 2 rings (SSSR count). The SMILES string of the molecule is CNS(=O)(=O)c1ccc(NC2CC(OC)C2)cc1N. The van der Waals surface area contributed by atoms with Crippen molar-refractivity contribution in [2.45, 2.75) is 29.9 Å². The second-order valence-electron chi connectivity index (χ2n) is 4.63. The number of sulfonamides is 1. The third-order valence-electron chi connectivity index (χ3n) is 3.37. The van der Waals surface area contributed by atoms with Gasteiger partial charge >= 0.3 is 0 Å². The molecular weight excluding hydrogens is 266 g/mol. The summed E-state index contributed by atoms with van der Waals surface area (Å²) in [7, 11) is -0.435. The van der Waals surface area contributed by atoms with Gasteiger partial charge in [-0.05, 0) is 38.1 Å². The smallest absolute Gasteiger partial charge is 0.242 e. The zero-order valence-electron chi connectivity index (χ0n) is 11.0. The van der Waals surface area contributed by atoms with Crippen LogP contribution in [0, 0.1) is 0 Å². The summed E-state index contributed by atoms with van der Waals surface area (Å²) in [5, 5.41) is 3.30. The summed E-state index contributed by atoms with van der Waals surface area (Å²) >= 11 is 0. The molecule has 0 atom stereocenters. The van der Waals surface area contributed by atoms with Gasteiger partial charge in [0.1, 0.15) is 4.90 Å². The quantitative estimate of drug-likeness (QED) is 0.695. The van der Waals surface area contributed by atoms with Gasteiger partial charge in [0.2, 0.25) is 10.0 Å². The van der Waals surface area contributed by atoms with E-state index in [9.17, 15) is 8.42 Å². The van der Waals surface area contributed by atoms with Gasteiger partial charge in [0.25, 0.3) is 0 Å². The number of nitrogens with two attached hydrogens (primary N) is 1. The maximum Gasteiger partial charge on any atom is 0.242 e. The van der Waals surface area contributed by atoms with Gasteiger partial charge in [-0.2, -0.15) is 0 Å². The van der Waals surface area contributed by atoms with Crippen molar-refractivity contribution >= 4 is 21.4 Å². The van der Waals surface area contributed by atoms with Gasteiger partial charge in [-0.15, -0.1) is 0 Å². The molecule has 0 aromatic heterocycles. The molecule has 0 saturated heterocycles. The van der Waals surface area contributed by atoms with Gasteiger partial charge < -0.3 is 15.8 Å². The number of nitrogen functional groups attached to an aromatic ring is 1. The Morgan fingerprint density at radius 1 is 1.37 bits per heavy atom. The van der Waals surface area contributed by atoms with Crippen LogP contribution in [0.5, 0.6) is 0 Å². The first-order valence-corrected chi connectivity index (χ1v) is 7.57. The van der Waals surface area contributed by atoms with E-state index >= 15 is 0 Å². The number of hydrogen-bond acceptors (Lipinski definition) is 5. The molecule has 1 aliphatic carbocycles. The molecule has 0 bridgehead atoms. The van der Waals surface area contributed by atoms with E-state index < -0.39 is 10.0 Å². The molecule has 19 heavy (non-hydrogen) atoms. The van der Waals surface area contributed by atoms with Crippen LogP contribution in [0.2, 0.25) is 0 Å². The molecule has 0 radical (unpaired) electrons. The molecule has 1 saturated carbocycles. The number of benzene rings is 1. The predicted molar refractivity (Wildman–Crippen MR) is 74.5 cm³/mol. The molecule has 0 aliphatic heterocycles. The summed E-state index contributed by atoms with van der Waals surface area (Å²) in [5.74, 6) is 0.